The fraction of sp³-hybridized carbons (Fsp3) is 0.667. The number of rotatable bonds is 29. The molecule has 0 aliphatic rings. The van der Waals surface area contributed by atoms with Crippen LogP contribution in [0.5, 0.6) is 0 Å². The number of carbonyl (C=O) groups excluding carboxylic acids is 1. The van der Waals surface area contributed by atoms with Gasteiger partial charge in [0.25, 0.3) is 0 Å². The summed E-state index contributed by atoms with van der Waals surface area (Å²) in [5.41, 5.74) is 5.31. The third-order valence-electron chi connectivity index (χ3n) is 6.18. The Hall–Kier alpha value is -1.96. The lowest BCUT2D eigenvalue weighted by molar-refractivity contribution is -0.153. The van der Waals surface area contributed by atoms with Crippen molar-refractivity contribution >= 4 is 13.8 Å². The first-order valence-corrected chi connectivity index (χ1v) is 17.4. The SMILES string of the molecule is CC/C=C/C=C/C=C/C=C/C=C/OC[C@H](COP(=O)(O)OCCN)OC(=O)CCCCCCCCCCCCCCC. The quantitative estimate of drug-likeness (QED) is 0.0284. The summed E-state index contributed by atoms with van der Waals surface area (Å²) in [6, 6.07) is 0. The highest BCUT2D eigenvalue weighted by Crippen LogP contribution is 2.43. The lowest BCUT2D eigenvalue weighted by Crippen LogP contribution is -2.27. The van der Waals surface area contributed by atoms with Crippen LogP contribution < -0.4 is 5.73 Å². The van der Waals surface area contributed by atoms with Crippen LogP contribution >= 0.6 is 7.82 Å². The lowest BCUT2D eigenvalue weighted by Gasteiger charge is -2.19. The van der Waals surface area contributed by atoms with Crippen molar-refractivity contribution in [3.63, 3.8) is 0 Å². The van der Waals surface area contributed by atoms with Crippen LogP contribution in [-0.4, -0.2) is 43.3 Å². The van der Waals surface area contributed by atoms with Crippen molar-refractivity contribution in [2.24, 2.45) is 5.73 Å². The number of esters is 1. The van der Waals surface area contributed by atoms with Gasteiger partial charge in [-0.05, 0) is 18.9 Å². The summed E-state index contributed by atoms with van der Waals surface area (Å²) in [5.74, 6) is -0.387. The minimum Gasteiger partial charge on any atom is -0.497 e. The molecule has 242 valence electrons. The highest BCUT2D eigenvalue weighted by molar-refractivity contribution is 7.47. The molecule has 0 bridgehead atoms. The average Bonchev–Trinajstić information content (AvgIpc) is 2.97. The zero-order valence-electron chi connectivity index (χ0n) is 26.2. The maximum atomic E-state index is 12.4. The summed E-state index contributed by atoms with van der Waals surface area (Å²) >= 11 is 0. The summed E-state index contributed by atoms with van der Waals surface area (Å²) in [4.78, 5) is 22.2. The Morgan fingerprint density at radius 2 is 1.26 bits per heavy atom. The van der Waals surface area contributed by atoms with Gasteiger partial charge in [0.2, 0.25) is 0 Å². The zero-order chi connectivity index (χ0) is 31.0. The van der Waals surface area contributed by atoms with Crippen molar-refractivity contribution in [1.82, 2.24) is 0 Å². The largest absolute Gasteiger partial charge is 0.497 e. The van der Waals surface area contributed by atoms with Crippen LogP contribution in [0.25, 0.3) is 0 Å². The first kappa shape index (κ1) is 40.0. The van der Waals surface area contributed by atoms with Crippen LogP contribution in [0.1, 0.15) is 110 Å². The van der Waals surface area contributed by atoms with Gasteiger partial charge in [0.15, 0.2) is 6.10 Å². The van der Waals surface area contributed by atoms with E-state index < -0.39 is 13.9 Å². The van der Waals surface area contributed by atoms with E-state index in [1.165, 1.54) is 70.5 Å². The van der Waals surface area contributed by atoms with E-state index in [9.17, 15) is 14.3 Å². The smallest absolute Gasteiger partial charge is 0.472 e. The normalized spacial score (nSPS) is 14.6. The first-order chi connectivity index (χ1) is 20.4. The second-order valence-corrected chi connectivity index (χ2v) is 11.6. The second-order valence-electron chi connectivity index (χ2n) is 10.1. The van der Waals surface area contributed by atoms with Gasteiger partial charge in [-0.2, -0.15) is 0 Å². The van der Waals surface area contributed by atoms with Crippen LogP contribution in [0.4, 0.5) is 0 Å². The van der Waals surface area contributed by atoms with Crippen LogP contribution in [0.3, 0.4) is 0 Å². The summed E-state index contributed by atoms with van der Waals surface area (Å²) in [5, 5.41) is 0. The Morgan fingerprint density at radius 1 is 0.738 bits per heavy atom. The number of allylic oxidation sites excluding steroid dienone is 9. The molecule has 0 fully saturated rings. The van der Waals surface area contributed by atoms with Crippen molar-refractivity contribution in [3.8, 4) is 0 Å². The molecule has 0 saturated carbocycles. The predicted octanol–water partition coefficient (Wildman–Crippen LogP) is 8.64. The minimum atomic E-state index is -4.30. The van der Waals surface area contributed by atoms with Gasteiger partial charge < -0.3 is 20.1 Å². The second kappa shape index (κ2) is 30.5. The molecule has 1 unspecified atom stereocenters. The number of phosphoric ester groups is 1. The lowest BCUT2D eigenvalue weighted by atomic mass is 10.0. The van der Waals surface area contributed by atoms with E-state index in [2.05, 4.69) is 19.9 Å². The fourth-order valence-electron chi connectivity index (χ4n) is 3.89. The van der Waals surface area contributed by atoms with E-state index >= 15 is 0 Å². The Morgan fingerprint density at radius 3 is 1.81 bits per heavy atom. The molecule has 0 amide bonds. The number of hydrogen-bond donors (Lipinski definition) is 2. The van der Waals surface area contributed by atoms with Gasteiger partial charge in [-0.3, -0.25) is 13.8 Å². The molecule has 8 nitrogen and oxygen atoms in total. The molecule has 0 aromatic carbocycles. The van der Waals surface area contributed by atoms with Crippen molar-refractivity contribution in [3.05, 3.63) is 60.9 Å². The molecule has 0 saturated heterocycles. The molecule has 0 heterocycles. The number of ether oxygens (including phenoxy) is 2. The predicted molar refractivity (Wildman–Crippen MR) is 173 cm³/mol. The van der Waals surface area contributed by atoms with Gasteiger partial charge in [0.05, 0.1) is 19.5 Å². The molecule has 42 heavy (non-hydrogen) atoms. The van der Waals surface area contributed by atoms with Crippen molar-refractivity contribution in [2.45, 2.75) is 116 Å². The number of nitrogens with two attached hydrogens (primary N) is 1. The van der Waals surface area contributed by atoms with E-state index in [0.717, 1.165) is 25.7 Å². The number of phosphoric acid groups is 1. The molecule has 0 radical (unpaired) electrons. The standard InChI is InChI=1S/C33H58NO7P/c1-3-5-7-9-11-13-15-16-17-18-20-22-24-26-33(35)41-32(31-40-42(36,37)39-29-27-34)30-38-28-25-23-21-19-14-12-10-8-6-4-2/h6,8,10,12,14,19,21,23,25,28,32H,3-5,7,9,11,13,15-18,20,22,24,26-27,29-31,34H2,1-2H3,(H,36,37)/b8-6+,12-10+,19-14+,23-21+,28-25+/t32-/m1/s1. The van der Waals surface area contributed by atoms with E-state index in [1.54, 1.807) is 12.2 Å². The maximum Gasteiger partial charge on any atom is 0.472 e. The van der Waals surface area contributed by atoms with E-state index in [4.69, 9.17) is 24.3 Å². The molecule has 0 rings (SSSR count). The Bertz CT molecular complexity index is 823. The van der Waals surface area contributed by atoms with Crippen molar-refractivity contribution < 1.29 is 32.8 Å². The Labute approximate surface area is 255 Å². The van der Waals surface area contributed by atoms with Crippen LogP contribution in [0, 0.1) is 0 Å². The van der Waals surface area contributed by atoms with Gasteiger partial charge in [0, 0.05) is 13.0 Å². The summed E-state index contributed by atoms with van der Waals surface area (Å²) in [6.07, 6.45) is 34.9. The Balaban J connectivity index is 4.36. The molecule has 0 aliphatic heterocycles. The molecule has 0 aliphatic carbocycles. The third kappa shape index (κ3) is 29.5. The molecule has 0 aromatic heterocycles. The maximum absolute atomic E-state index is 12.4. The summed E-state index contributed by atoms with van der Waals surface area (Å²) in [7, 11) is -4.30. The monoisotopic (exact) mass is 611 g/mol. The highest BCUT2D eigenvalue weighted by Gasteiger charge is 2.25. The molecule has 0 aromatic rings. The van der Waals surface area contributed by atoms with E-state index in [1.807, 2.05) is 36.5 Å². The molecule has 2 atom stereocenters. The Kier molecular flexibility index (Phi) is 29.1. The van der Waals surface area contributed by atoms with Gasteiger partial charge in [-0.1, -0.05) is 140 Å². The van der Waals surface area contributed by atoms with Crippen LogP contribution in [-0.2, 0) is 27.9 Å². The van der Waals surface area contributed by atoms with Crippen LogP contribution in [0.15, 0.2) is 60.9 Å². The van der Waals surface area contributed by atoms with Gasteiger partial charge >= 0.3 is 13.8 Å². The summed E-state index contributed by atoms with van der Waals surface area (Å²) in [6.45, 7) is 3.91. The fourth-order valence-corrected chi connectivity index (χ4v) is 4.66. The topological polar surface area (TPSA) is 117 Å². The van der Waals surface area contributed by atoms with Gasteiger partial charge in [0.1, 0.15) is 6.61 Å². The third-order valence-corrected chi connectivity index (χ3v) is 7.17. The molecular formula is C33H58NO7P. The van der Waals surface area contributed by atoms with Crippen molar-refractivity contribution in [2.75, 3.05) is 26.4 Å². The molecule has 0 spiro atoms. The van der Waals surface area contributed by atoms with Crippen LogP contribution in [0.2, 0.25) is 0 Å². The molecule has 3 N–H and O–H groups in total. The van der Waals surface area contributed by atoms with E-state index in [-0.39, 0.29) is 38.8 Å². The van der Waals surface area contributed by atoms with E-state index in [0.29, 0.717) is 0 Å². The zero-order valence-corrected chi connectivity index (χ0v) is 27.1. The van der Waals surface area contributed by atoms with Gasteiger partial charge in [-0.15, -0.1) is 0 Å². The average molecular weight is 612 g/mol. The number of carbonyl (C=O) groups is 1. The highest BCUT2D eigenvalue weighted by atomic mass is 31.2. The van der Waals surface area contributed by atoms with Gasteiger partial charge in [-0.25, -0.2) is 4.57 Å². The number of hydrogen-bond acceptors (Lipinski definition) is 7. The van der Waals surface area contributed by atoms with Crippen molar-refractivity contribution in [1.29, 1.82) is 0 Å². The summed E-state index contributed by atoms with van der Waals surface area (Å²) < 4.78 is 32.7. The number of unbranched alkanes of at least 4 members (excludes halogenated alkanes) is 12. The first-order valence-electron chi connectivity index (χ1n) is 15.9. The molecular weight excluding hydrogens is 553 g/mol. The minimum absolute atomic E-state index is 0.0338. The molecule has 9 heteroatoms.